The normalized spacial score (nSPS) is 16.9. The molecule has 0 amide bonds. The summed E-state index contributed by atoms with van der Waals surface area (Å²) < 4.78 is 5.39. The van der Waals surface area contributed by atoms with Gasteiger partial charge in [0.05, 0.1) is 25.5 Å². The maximum atomic E-state index is 9.98. The van der Waals surface area contributed by atoms with Gasteiger partial charge in [0, 0.05) is 48.1 Å². The first-order valence-corrected chi connectivity index (χ1v) is 10.4. The number of nitrogens with zero attached hydrogens (tertiary/aromatic N) is 3. The predicted molar refractivity (Wildman–Crippen MR) is 111 cm³/mol. The zero-order valence-electron chi connectivity index (χ0n) is 15.8. The molecule has 0 bridgehead atoms. The van der Waals surface area contributed by atoms with Gasteiger partial charge in [-0.05, 0) is 30.3 Å². The van der Waals surface area contributed by atoms with Crippen molar-refractivity contribution in [3.63, 3.8) is 0 Å². The summed E-state index contributed by atoms with van der Waals surface area (Å²) in [4.78, 5) is 11.9. The van der Waals surface area contributed by atoms with E-state index in [0.717, 1.165) is 59.6 Å². The fourth-order valence-corrected chi connectivity index (χ4v) is 4.54. The van der Waals surface area contributed by atoms with E-state index in [2.05, 4.69) is 15.9 Å². The lowest BCUT2D eigenvalue weighted by Gasteiger charge is -2.36. The van der Waals surface area contributed by atoms with Crippen LogP contribution in [0.4, 0.5) is 5.69 Å². The first-order valence-electron chi connectivity index (χ1n) is 9.59. The van der Waals surface area contributed by atoms with Gasteiger partial charge in [-0.1, -0.05) is 23.9 Å². The maximum Gasteiger partial charge on any atom is 0.137 e. The van der Waals surface area contributed by atoms with E-state index in [0.29, 0.717) is 13.2 Å². The number of piperazine rings is 1. The standard InChI is InChI=1S/C21H25N3O3S/c25-12-14-27-13-11-23-7-9-24(10-8-23)21-17-6-5-16(26)15-20(17)28-19-4-2-1-3-18(19)22-21/h1-6,15,25-26H,7-14H2. The van der Waals surface area contributed by atoms with Gasteiger partial charge in [0.25, 0.3) is 0 Å². The Morgan fingerprint density at radius 1 is 1.00 bits per heavy atom. The van der Waals surface area contributed by atoms with Gasteiger partial charge in [0.2, 0.25) is 0 Å². The molecule has 2 aliphatic rings. The highest BCUT2D eigenvalue weighted by Gasteiger charge is 2.25. The molecule has 2 aliphatic heterocycles. The number of phenolic OH excluding ortho intramolecular Hbond substituents is 1. The molecule has 0 unspecified atom stereocenters. The van der Waals surface area contributed by atoms with Crippen LogP contribution in [0.5, 0.6) is 5.75 Å². The molecule has 2 heterocycles. The van der Waals surface area contributed by atoms with E-state index < -0.39 is 0 Å². The Morgan fingerprint density at radius 3 is 2.64 bits per heavy atom. The highest BCUT2D eigenvalue weighted by Crippen LogP contribution is 2.41. The van der Waals surface area contributed by atoms with Crippen LogP contribution in [-0.2, 0) is 4.74 Å². The quantitative estimate of drug-likeness (QED) is 0.754. The van der Waals surface area contributed by atoms with Crippen LogP contribution in [0.15, 0.2) is 57.2 Å². The number of amidine groups is 1. The Morgan fingerprint density at radius 2 is 1.82 bits per heavy atom. The van der Waals surface area contributed by atoms with Crippen molar-refractivity contribution in [3.05, 3.63) is 48.0 Å². The van der Waals surface area contributed by atoms with Crippen molar-refractivity contribution in [2.45, 2.75) is 9.79 Å². The molecule has 28 heavy (non-hydrogen) atoms. The second-order valence-corrected chi connectivity index (χ2v) is 7.93. The second kappa shape index (κ2) is 8.96. The summed E-state index contributed by atoms with van der Waals surface area (Å²) in [5.74, 6) is 1.25. The van der Waals surface area contributed by atoms with E-state index in [4.69, 9.17) is 14.8 Å². The summed E-state index contributed by atoms with van der Waals surface area (Å²) in [6, 6.07) is 13.7. The van der Waals surface area contributed by atoms with E-state index in [1.165, 1.54) is 0 Å². The number of hydrogen-bond acceptors (Lipinski definition) is 7. The number of fused-ring (bicyclic) bond motifs is 2. The monoisotopic (exact) mass is 399 g/mol. The lowest BCUT2D eigenvalue weighted by Crippen LogP contribution is -2.49. The number of hydrogen-bond donors (Lipinski definition) is 2. The third-order valence-corrected chi connectivity index (χ3v) is 6.10. The van der Waals surface area contributed by atoms with Crippen LogP contribution in [0.1, 0.15) is 5.56 Å². The minimum atomic E-state index is 0.0715. The van der Waals surface area contributed by atoms with Crippen molar-refractivity contribution in [1.82, 2.24) is 9.80 Å². The van der Waals surface area contributed by atoms with E-state index in [9.17, 15) is 5.11 Å². The van der Waals surface area contributed by atoms with Gasteiger partial charge in [-0.25, -0.2) is 4.99 Å². The molecule has 2 aromatic carbocycles. The number of aromatic hydroxyl groups is 1. The first kappa shape index (κ1) is 19.3. The molecule has 2 N–H and O–H groups in total. The number of aliphatic imine (C=N–C) groups is 1. The molecule has 4 rings (SSSR count). The van der Waals surface area contributed by atoms with Crippen LogP contribution in [0, 0.1) is 0 Å². The number of para-hydroxylation sites is 1. The number of benzene rings is 2. The zero-order chi connectivity index (χ0) is 19.3. The number of phenols is 1. The Hall–Kier alpha value is -2.06. The average molecular weight is 400 g/mol. The lowest BCUT2D eigenvalue weighted by atomic mass is 10.1. The second-order valence-electron chi connectivity index (χ2n) is 6.85. The Bertz CT molecular complexity index is 851. The summed E-state index contributed by atoms with van der Waals surface area (Å²) in [6.07, 6.45) is 0. The van der Waals surface area contributed by atoms with Gasteiger partial charge < -0.3 is 19.8 Å². The molecular weight excluding hydrogens is 374 g/mol. The van der Waals surface area contributed by atoms with Gasteiger partial charge in [-0.3, -0.25) is 4.90 Å². The molecule has 0 aliphatic carbocycles. The molecule has 0 radical (unpaired) electrons. The SMILES string of the molecule is OCCOCCN1CCN(C2=Nc3ccccc3Sc3cc(O)ccc32)CC1. The lowest BCUT2D eigenvalue weighted by molar-refractivity contribution is 0.0652. The number of aliphatic hydroxyl groups is 1. The smallest absolute Gasteiger partial charge is 0.137 e. The molecular formula is C21H25N3O3S. The fourth-order valence-electron chi connectivity index (χ4n) is 3.49. The summed E-state index contributed by atoms with van der Waals surface area (Å²) in [6.45, 7) is 5.68. The molecule has 0 spiro atoms. The van der Waals surface area contributed by atoms with Gasteiger partial charge in [-0.2, -0.15) is 0 Å². The van der Waals surface area contributed by atoms with Crippen LogP contribution in [0.3, 0.4) is 0 Å². The largest absolute Gasteiger partial charge is 0.508 e. The number of aliphatic hydroxyl groups excluding tert-OH is 1. The van der Waals surface area contributed by atoms with Crippen molar-refractivity contribution < 1.29 is 14.9 Å². The van der Waals surface area contributed by atoms with Crippen LogP contribution >= 0.6 is 11.8 Å². The molecule has 2 aromatic rings. The van der Waals surface area contributed by atoms with E-state index >= 15 is 0 Å². The summed E-state index contributed by atoms with van der Waals surface area (Å²) >= 11 is 1.65. The van der Waals surface area contributed by atoms with Crippen molar-refractivity contribution in [1.29, 1.82) is 0 Å². The highest BCUT2D eigenvalue weighted by atomic mass is 32.2. The molecule has 7 heteroatoms. The minimum absolute atomic E-state index is 0.0715. The van der Waals surface area contributed by atoms with Crippen LogP contribution in [0.2, 0.25) is 0 Å². The zero-order valence-corrected chi connectivity index (χ0v) is 16.6. The third-order valence-electron chi connectivity index (χ3n) is 4.98. The summed E-state index contributed by atoms with van der Waals surface area (Å²) in [5.41, 5.74) is 2.04. The van der Waals surface area contributed by atoms with Gasteiger partial charge in [-0.15, -0.1) is 0 Å². The van der Waals surface area contributed by atoms with E-state index in [-0.39, 0.29) is 12.4 Å². The molecule has 1 saturated heterocycles. The van der Waals surface area contributed by atoms with Crippen LogP contribution in [-0.4, -0.2) is 78.4 Å². The van der Waals surface area contributed by atoms with Crippen molar-refractivity contribution >= 4 is 23.3 Å². The average Bonchev–Trinajstić information content (AvgIpc) is 2.88. The van der Waals surface area contributed by atoms with E-state index in [1.54, 1.807) is 17.8 Å². The fraction of sp³-hybridized carbons (Fsp3) is 0.381. The minimum Gasteiger partial charge on any atom is -0.508 e. The Kier molecular flexibility index (Phi) is 6.17. The molecule has 6 nitrogen and oxygen atoms in total. The van der Waals surface area contributed by atoms with Crippen LogP contribution < -0.4 is 0 Å². The molecule has 0 aromatic heterocycles. The van der Waals surface area contributed by atoms with Crippen LogP contribution in [0.25, 0.3) is 0 Å². The Balaban J connectivity index is 1.53. The number of ether oxygens (including phenoxy) is 1. The predicted octanol–water partition coefficient (Wildman–Crippen LogP) is 2.56. The van der Waals surface area contributed by atoms with Gasteiger partial charge in [0.1, 0.15) is 11.6 Å². The molecule has 148 valence electrons. The summed E-state index contributed by atoms with van der Waals surface area (Å²) in [7, 11) is 0. The Labute approximate surface area is 169 Å². The van der Waals surface area contributed by atoms with Gasteiger partial charge >= 0.3 is 0 Å². The van der Waals surface area contributed by atoms with Crippen molar-refractivity contribution in [2.24, 2.45) is 4.99 Å². The van der Waals surface area contributed by atoms with Crippen molar-refractivity contribution in [2.75, 3.05) is 52.5 Å². The third kappa shape index (κ3) is 4.33. The van der Waals surface area contributed by atoms with Gasteiger partial charge in [0.15, 0.2) is 0 Å². The number of rotatable bonds is 5. The molecule has 0 atom stereocenters. The highest BCUT2D eigenvalue weighted by molar-refractivity contribution is 7.99. The first-order chi connectivity index (χ1) is 13.7. The molecule has 0 saturated carbocycles. The topological polar surface area (TPSA) is 68.5 Å². The summed E-state index contributed by atoms with van der Waals surface area (Å²) in [5, 5.41) is 18.8. The van der Waals surface area contributed by atoms with Crippen molar-refractivity contribution in [3.8, 4) is 5.75 Å². The van der Waals surface area contributed by atoms with E-state index in [1.807, 2.05) is 30.3 Å². The molecule has 1 fully saturated rings. The maximum absolute atomic E-state index is 9.98.